The van der Waals surface area contributed by atoms with Gasteiger partial charge in [-0.2, -0.15) is 0 Å². The second-order valence-electron chi connectivity index (χ2n) is 6.92. The van der Waals surface area contributed by atoms with Gasteiger partial charge in [-0.25, -0.2) is 9.59 Å². The van der Waals surface area contributed by atoms with Gasteiger partial charge in [-0.1, -0.05) is 6.08 Å². The van der Waals surface area contributed by atoms with E-state index in [1.165, 1.54) is 38.5 Å². The van der Waals surface area contributed by atoms with E-state index in [1.54, 1.807) is 12.1 Å². The molecule has 0 unspecified atom stereocenters. The minimum absolute atomic E-state index is 0.0296. The first-order chi connectivity index (χ1) is 13.7. The van der Waals surface area contributed by atoms with E-state index < -0.39 is 22.5 Å². The molecule has 0 spiro atoms. The van der Waals surface area contributed by atoms with Gasteiger partial charge in [0.15, 0.2) is 0 Å². The molecule has 0 saturated heterocycles. The Morgan fingerprint density at radius 3 is 2.17 bits per heavy atom. The number of rotatable bonds is 4. The van der Waals surface area contributed by atoms with Crippen molar-refractivity contribution in [2.45, 2.75) is 19.4 Å². The molecule has 0 amide bonds. The van der Waals surface area contributed by atoms with Crippen LogP contribution in [0.1, 0.15) is 40.1 Å². The van der Waals surface area contributed by atoms with Crippen LogP contribution in [-0.4, -0.2) is 36.7 Å². The topological polar surface area (TPSA) is 105 Å². The minimum Gasteiger partial charge on any atom is -0.482 e. The van der Waals surface area contributed by atoms with Crippen LogP contribution in [0, 0.1) is 10.1 Å². The first-order valence-corrected chi connectivity index (χ1v) is 8.69. The van der Waals surface area contributed by atoms with Gasteiger partial charge in [0.2, 0.25) is 0 Å². The van der Waals surface area contributed by atoms with Crippen LogP contribution in [0.15, 0.2) is 36.4 Å². The van der Waals surface area contributed by atoms with Crippen LogP contribution < -0.4 is 4.74 Å². The number of esters is 2. The van der Waals surface area contributed by atoms with Crippen LogP contribution in [0.3, 0.4) is 0 Å². The van der Waals surface area contributed by atoms with Crippen molar-refractivity contribution in [3.05, 3.63) is 63.2 Å². The fraction of sp³-hybridized carbons (Fsp3) is 0.238. The van der Waals surface area contributed by atoms with Gasteiger partial charge in [0.05, 0.1) is 24.7 Å². The molecule has 0 bridgehead atoms. The first-order valence-electron chi connectivity index (χ1n) is 8.69. The highest BCUT2D eigenvalue weighted by Crippen LogP contribution is 2.41. The van der Waals surface area contributed by atoms with Crippen LogP contribution in [0.4, 0.5) is 5.69 Å². The van der Waals surface area contributed by atoms with Crippen molar-refractivity contribution in [3.63, 3.8) is 0 Å². The normalized spacial score (nSPS) is 13.8. The number of non-ortho nitro benzene ring substituents is 1. The molecule has 2 aromatic rings. The maximum Gasteiger partial charge on any atom is 0.342 e. The number of nitro groups is 1. The number of nitro benzene ring substituents is 1. The number of hydrogen-bond donors (Lipinski definition) is 0. The van der Waals surface area contributed by atoms with Crippen molar-refractivity contribution in [2.75, 3.05) is 14.2 Å². The molecular weight excluding hydrogens is 378 g/mol. The van der Waals surface area contributed by atoms with Gasteiger partial charge in [0.1, 0.15) is 16.9 Å². The number of carbonyl (C=O) groups excluding carboxylic acids is 2. The second kappa shape index (κ2) is 7.38. The number of nitrogens with zero attached hydrogens (tertiary/aromatic N) is 1. The van der Waals surface area contributed by atoms with Crippen molar-refractivity contribution in [1.29, 1.82) is 0 Å². The molecule has 0 saturated carbocycles. The maximum absolute atomic E-state index is 12.7. The zero-order chi connectivity index (χ0) is 21.3. The van der Waals surface area contributed by atoms with Gasteiger partial charge in [-0.05, 0) is 49.2 Å². The summed E-state index contributed by atoms with van der Waals surface area (Å²) in [4.78, 5) is 35.7. The predicted octanol–water partition coefficient (Wildman–Crippen LogP) is 4.02. The van der Waals surface area contributed by atoms with Crippen molar-refractivity contribution < 1.29 is 28.7 Å². The Morgan fingerprint density at radius 2 is 1.62 bits per heavy atom. The van der Waals surface area contributed by atoms with E-state index in [-0.39, 0.29) is 22.6 Å². The highest BCUT2D eigenvalue weighted by molar-refractivity contribution is 6.10. The van der Waals surface area contributed by atoms with Crippen LogP contribution in [0.25, 0.3) is 17.2 Å². The second-order valence-corrected chi connectivity index (χ2v) is 6.92. The van der Waals surface area contributed by atoms with Crippen LogP contribution in [-0.2, 0) is 9.47 Å². The molecule has 3 rings (SSSR count). The fourth-order valence-corrected chi connectivity index (χ4v) is 3.11. The number of methoxy groups -OCH3 is 2. The molecule has 0 radical (unpaired) electrons. The molecule has 1 aliphatic rings. The molecular formula is C21H19NO7. The van der Waals surface area contributed by atoms with Gasteiger partial charge in [0, 0.05) is 17.7 Å². The van der Waals surface area contributed by atoms with E-state index in [2.05, 4.69) is 0 Å². The summed E-state index contributed by atoms with van der Waals surface area (Å²) >= 11 is 0. The summed E-state index contributed by atoms with van der Waals surface area (Å²) in [6.45, 7) is 3.63. The number of fused-ring (bicyclic) bond motifs is 1. The maximum atomic E-state index is 12.7. The lowest BCUT2D eigenvalue weighted by Crippen LogP contribution is -2.30. The lowest BCUT2D eigenvalue weighted by molar-refractivity contribution is -0.384. The Kier molecular flexibility index (Phi) is 5.11. The van der Waals surface area contributed by atoms with E-state index in [9.17, 15) is 19.7 Å². The molecule has 8 nitrogen and oxygen atoms in total. The van der Waals surface area contributed by atoms with Gasteiger partial charge in [-0.3, -0.25) is 10.1 Å². The van der Waals surface area contributed by atoms with Gasteiger partial charge in [-0.15, -0.1) is 0 Å². The molecule has 0 N–H and O–H groups in total. The van der Waals surface area contributed by atoms with Gasteiger partial charge in [0.25, 0.3) is 5.69 Å². The summed E-state index contributed by atoms with van der Waals surface area (Å²) in [5.41, 5.74) is 0.579. The van der Waals surface area contributed by atoms with Gasteiger partial charge < -0.3 is 14.2 Å². The Labute approximate surface area is 166 Å². The number of carbonyl (C=O) groups is 2. The molecule has 8 heteroatoms. The largest absolute Gasteiger partial charge is 0.482 e. The van der Waals surface area contributed by atoms with Crippen LogP contribution >= 0.6 is 0 Å². The standard InChI is InChI=1S/C21H19NO7/c1-21(2)10-9-13-11-15(12-5-7-14(8-6-12)22(25)26)16(19(23)27-3)17(18(13)29-21)20(24)28-4/h5-11H,1-4H3. The third kappa shape index (κ3) is 3.69. The highest BCUT2D eigenvalue weighted by atomic mass is 16.6. The zero-order valence-electron chi connectivity index (χ0n) is 16.3. The smallest absolute Gasteiger partial charge is 0.342 e. The van der Waals surface area contributed by atoms with E-state index in [4.69, 9.17) is 14.2 Å². The Morgan fingerprint density at radius 1 is 1.03 bits per heavy atom. The lowest BCUT2D eigenvalue weighted by Gasteiger charge is -2.30. The SMILES string of the molecule is COC(=O)c1c(-c2ccc([N+](=O)[O-])cc2)cc2c(c1C(=O)OC)OC(C)(C)C=C2. The first kappa shape index (κ1) is 20.1. The molecule has 150 valence electrons. The van der Waals surface area contributed by atoms with Crippen LogP contribution in [0.5, 0.6) is 5.75 Å². The van der Waals surface area contributed by atoms with E-state index in [1.807, 2.05) is 19.9 Å². The number of benzene rings is 2. The molecule has 0 aliphatic carbocycles. The van der Waals surface area contributed by atoms with E-state index in [0.29, 0.717) is 16.7 Å². The predicted molar refractivity (Wildman–Crippen MR) is 105 cm³/mol. The van der Waals surface area contributed by atoms with Gasteiger partial charge >= 0.3 is 11.9 Å². The Hall–Kier alpha value is -3.68. The Bertz CT molecular complexity index is 1040. The quantitative estimate of drug-likeness (QED) is 0.436. The highest BCUT2D eigenvalue weighted by Gasteiger charge is 2.34. The summed E-state index contributed by atoms with van der Waals surface area (Å²) in [5, 5.41) is 10.9. The van der Waals surface area contributed by atoms with Crippen LogP contribution in [0.2, 0.25) is 0 Å². The van der Waals surface area contributed by atoms with Crippen molar-refractivity contribution in [2.24, 2.45) is 0 Å². The number of hydrogen-bond acceptors (Lipinski definition) is 7. The Balaban J connectivity index is 2.35. The summed E-state index contributed by atoms with van der Waals surface area (Å²) in [7, 11) is 2.41. The third-order valence-corrected chi connectivity index (χ3v) is 4.51. The average molecular weight is 397 g/mol. The number of ether oxygens (including phenoxy) is 3. The third-order valence-electron chi connectivity index (χ3n) is 4.51. The molecule has 0 fully saturated rings. The fourth-order valence-electron chi connectivity index (χ4n) is 3.11. The van der Waals surface area contributed by atoms with Crippen molar-refractivity contribution in [3.8, 4) is 16.9 Å². The molecule has 2 aromatic carbocycles. The average Bonchev–Trinajstić information content (AvgIpc) is 2.70. The molecule has 1 aliphatic heterocycles. The molecule has 0 atom stereocenters. The lowest BCUT2D eigenvalue weighted by atomic mass is 9.89. The van der Waals surface area contributed by atoms with Crippen molar-refractivity contribution >= 4 is 23.7 Å². The van der Waals surface area contributed by atoms with E-state index >= 15 is 0 Å². The molecule has 0 aromatic heterocycles. The van der Waals surface area contributed by atoms with E-state index in [0.717, 1.165) is 0 Å². The summed E-state index contributed by atoms with van der Waals surface area (Å²) in [5.74, 6) is -1.29. The monoisotopic (exact) mass is 397 g/mol. The zero-order valence-corrected chi connectivity index (χ0v) is 16.3. The molecule has 29 heavy (non-hydrogen) atoms. The minimum atomic E-state index is -0.753. The molecule has 1 heterocycles. The summed E-state index contributed by atoms with van der Waals surface area (Å²) in [6, 6.07) is 7.34. The summed E-state index contributed by atoms with van der Waals surface area (Å²) in [6.07, 6.45) is 3.62. The van der Waals surface area contributed by atoms with Crippen molar-refractivity contribution in [1.82, 2.24) is 0 Å². The summed E-state index contributed by atoms with van der Waals surface area (Å²) < 4.78 is 15.8.